The van der Waals surface area contributed by atoms with Crippen LogP contribution in [0, 0.1) is 0 Å². The van der Waals surface area contributed by atoms with Gasteiger partial charge in [0.05, 0.1) is 18.1 Å². The van der Waals surface area contributed by atoms with E-state index in [-0.39, 0.29) is 0 Å². The van der Waals surface area contributed by atoms with E-state index in [1.807, 2.05) is 12.4 Å². The van der Waals surface area contributed by atoms with Gasteiger partial charge < -0.3 is 5.32 Å². The summed E-state index contributed by atoms with van der Waals surface area (Å²) in [4.78, 5) is 11.4. The summed E-state index contributed by atoms with van der Waals surface area (Å²) < 4.78 is 0. The zero-order valence-corrected chi connectivity index (χ0v) is 11.4. The van der Waals surface area contributed by atoms with Gasteiger partial charge in [0, 0.05) is 13.1 Å². The van der Waals surface area contributed by atoms with Crippen molar-refractivity contribution < 1.29 is 0 Å². The highest BCUT2D eigenvalue weighted by Gasteiger charge is 2.09. The van der Waals surface area contributed by atoms with Crippen LogP contribution in [0.2, 0.25) is 0 Å². The standard InChI is InChI=1S/C14H24N4/c1-2-15-14-11-16-13(10-17-14)12-18-8-6-4-3-5-7-9-18/h10-11H,2-9,12H2,1H3,(H,15,17). The van der Waals surface area contributed by atoms with E-state index in [1.54, 1.807) is 0 Å². The molecule has 0 bridgehead atoms. The molecule has 1 aromatic heterocycles. The van der Waals surface area contributed by atoms with E-state index in [1.165, 1.54) is 45.2 Å². The largest absolute Gasteiger partial charge is 0.369 e. The molecular weight excluding hydrogens is 224 g/mol. The molecule has 1 aromatic rings. The summed E-state index contributed by atoms with van der Waals surface area (Å²) in [5.41, 5.74) is 1.08. The first-order valence-corrected chi connectivity index (χ1v) is 7.15. The number of hydrogen-bond acceptors (Lipinski definition) is 4. The summed E-state index contributed by atoms with van der Waals surface area (Å²) in [6.07, 6.45) is 10.5. The molecule has 100 valence electrons. The van der Waals surface area contributed by atoms with Gasteiger partial charge in [-0.3, -0.25) is 9.88 Å². The maximum absolute atomic E-state index is 4.48. The van der Waals surface area contributed by atoms with Gasteiger partial charge in [0.25, 0.3) is 0 Å². The van der Waals surface area contributed by atoms with Crippen LogP contribution in [0.3, 0.4) is 0 Å². The van der Waals surface area contributed by atoms with Crippen LogP contribution < -0.4 is 5.32 Å². The molecule has 2 heterocycles. The third kappa shape index (κ3) is 4.26. The number of likely N-dealkylation sites (tertiary alicyclic amines) is 1. The van der Waals surface area contributed by atoms with E-state index in [0.29, 0.717) is 0 Å². The molecule has 1 N–H and O–H groups in total. The highest BCUT2D eigenvalue weighted by Crippen LogP contribution is 2.12. The molecule has 0 aromatic carbocycles. The first-order valence-electron chi connectivity index (χ1n) is 7.15. The number of aromatic nitrogens is 2. The fourth-order valence-corrected chi connectivity index (χ4v) is 2.41. The summed E-state index contributed by atoms with van der Waals surface area (Å²) in [6.45, 7) is 6.31. The summed E-state index contributed by atoms with van der Waals surface area (Å²) in [5.74, 6) is 0.869. The highest BCUT2D eigenvalue weighted by atomic mass is 15.1. The van der Waals surface area contributed by atoms with Crippen molar-refractivity contribution in [3.8, 4) is 0 Å². The molecule has 4 nitrogen and oxygen atoms in total. The summed E-state index contributed by atoms with van der Waals surface area (Å²) in [6, 6.07) is 0. The van der Waals surface area contributed by atoms with Crippen LogP contribution in [0.5, 0.6) is 0 Å². The maximum Gasteiger partial charge on any atom is 0.144 e. The van der Waals surface area contributed by atoms with E-state index in [9.17, 15) is 0 Å². The van der Waals surface area contributed by atoms with Crippen molar-refractivity contribution in [2.45, 2.75) is 45.6 Å². The predicted molar refractivity (Wildman–Crippen MR) is 74.6 cm³/mol. The lowest BCUT2D eigenvalue weighted by Gasteiger charge is -2.23. The zero-order chi connectivity index (χ0) is 12.6. The topological polar surface area (TPSA) is 41.1 Å². The van der Waals surface area contributed by atoms with Crippen molar-refractivity contribution >= 4 is 5.82 Å². The van der Waals surface area contributed by atoms with E-state index < -0.39 is 0 Å². The lowest BCUT2D eigenvalue weighted by molar-refractivity contribution is 0.237. The van der Waals surface area contributed by atoms with Gasteiger partial charge in [0.2, 0.25) is 0 Å². The lowest BCUT2D eigenvalue weighted by atomic mass is 10.1. The molecule has 0 amide bonds. The number of hydrogen-bond donors (Lipinski definition) is 1. The average molecular weight is 248 g/mol. The molecule has 0 aliphatic carbocycles. The molecule has 1 aliphatic rings. The minimum atomic E-state index is 0.869. The van der Waals surface area contributed by atoms with Gasteiger partial charge >= 0.3 is 0 Å². The predicted octanol–water partition coefficient (Wildman–Crippen LogP) is 2.67. The molecule has 18 heavy (non-hydrogen) atoms. The van der Waals surface area contributed by atoms with Gasteiger partial charge in [-0.2, -0.15) is 0 Å². The second kappa shape index (κ2) is 7.31. The smallest absolute Gasteiger partial charge is 0.144 e. The molecule has 1 aliphatic heterocycles. The fourth-order valence-electron chi connectivity index (χ4n) is 2.41. The Labute approximate surface area is 110 Å². The number of nitrogens with one attached hydrogen (secondary N) is 1. The maximum atomic E-state index is 4.48. The molecule has 1 saturated heterocycles. The van der Waals surface area contributed by atoms with E-state index in [0.717, 1.165) is 24.6 Å². The van der Waals surface area contributed by atoms with Crippen molar-refractivity contribution in [2.75, 3.05) is 25.0 Å². The second-order valence-electron chi connectivity index (χ2n) is 4.97. The third-order valence-electron chi connectivity index (χ3n) is 3.40. The van der Waals surface area contributed by atoms with Crippen LogP contribution in [-0.2, 0) is 6.54 Å². The van der Waals surface area contributed by atoms with E-state index >= 15 is 0 Å². The molecular formula is C14H24N4. The lowest BCUT2D eigenvalue weighted by Crippen LogP contribution is -2.27. The van der Waals surface area contributed by atoms with Crippen LogP contribution in [0.15, 0.2) is 12.4 Å². The fraction of sp³-hybridized carbons (Fsp3) is 0.714. The minimum Gasteiger partial charge on any atom is -0.369 e. The highest BCUT2D eigenvalue weighted by molar-refractivity contribution is 5.30. The zero-order valence-electron chi connectivity index (χ0n) is 11.4. The molecule has 1 fully saturated rings. The number of anilines is 1. The van der Waals surface area contributed by atoms with Gasteiger partial charge in [-0.15, -0.1) is 0 Å². The second-order valence-corrected chi connectivity index (χ2v) is 4.97. The van der Waals surface area contributed by atoms with Gasteiger partial charge in [-0.05, 0) is 32.9 Å². The monoisotopic (exact) mass is 248 g/mol. The Morgan fingerprint density at radius 3 is 2.39 bits per heavy atom. The molecule has 2 rings (SSSR count). The Kier molecular flexibility index (Phi) is 5.39. The minimum absolute atomic E-state index is 0.869. The molecule has 0 spiro atoms. The van der Waals surface area contributed by atoms with Crippen molar-refractivity contribution in [3.05, 3.63) is 18.1 Å². The Balaban J connectivity index is 1.86. The Hall–Kier alpha value is -1.16. The molecule has 4 heteroatoms. The Morgan fingerprint density at radius 2 is 1.78 bits per heavy atom. The van der Waals surface area contributed by atoms with Crippen molar-refractivity contribution in [1.29, 1.82) is 0 Å². The normalized spacial score (nSPS) is 18.1. The van der Waals surface area contributed by atoms with Crippen molar-refractivity contribution in [3.63, 3.8) is 0 Å². The van der Waals surface area contributed by atoms with E-state index in [4.69, 9.17) is 0 Å². The van der Waals surface area contributed by atoms with Crippen molar-refractivity contribution in [2.24, 2.45) is 0 Å². The first kappa shape index (κ1) is 13.3. The summed E-state index contributed by atoms with van der Waals surface area (Å²) in [5, 5.41) is 3.17. The van der Waals surface area contributed by atoms with Gasteiger partial charge in [0.1, 0.15) is 5.82 Å². The van der Waals surface area contributed by atoms with Crippen LogP contribution >= 0.6 is 0 Å². The quantitative estimate of drug-likeness (QED) is 0.889. The molecule has 0 radical (unpaired) electrons. The van der Waals surface area contributed by atoms with Gasteiger partial charge in [0.15, 0.2) is 0 Å². The molecule has 0 unspecified atom stereocenters. The molecule has 0 saturated carbocycles. The average Bonchev–Trinajstić information content (AvgIpc) is 2.35. The third-order valence-corrected chi connectivity index (χ3v) is 3.40. The summed E-state index contributed by atoms with van der Waals surface area (Å²) >= 11 is 0. The van der Waals surface area contributed by atoms with Crippen LogP contribution in [0.1, 0.15) is 44.7 Å². The van der Waals surface area contributed by atoms with E-state index in [2.05, 4.69) is 27.1 Å². The van der Waals surface area contributed by atoms with Crippen LogP contribution in [0.25, 0.3) is 0 Å². The number of rotatable bonds is 4. The Bertz CT molecular complexity index is 328. The number of nitrogens with zero attached hydrogens (tertiary/aromatic N) is 3. The van der Waals surface area contributed by atoms with Gasteiger partial charge in [-0.25, -0.2) is 4.98 Å². The SMILES string of the molecule is CCNc1cnc(CN2CCCCCCC2)cn1. The summed E-state index contributed by atoms with van der Waals surface area (Å²) in [7, 11) is 0. The van der Waals surface area contributed by atoms with Crippen molar-refractivity contribution in [1.82, 2.24) is 14.9 Å². The Morgan fingerprint density at radius 1 is 1.06 bits per heavy atom. The van der Waals surface area contributed by atoms with Crippen LogP contribution in [-0.4, -0.2) is 34.5 Å². The van der Waals surface area contributed by atoms with Crippen LogP contribution in [0.4, 0.5) is 5.82 Å². The first-order chi connectivity index (χ1) is 8.88. The molecule has 0 atom stereocenters. The van der Waals surface area contributed by atoms with Gasteiger partial charge in [-0.1, -0.05) is 19.3 Å².